The van der Waals surface area contributed by atoms with Crippen molar-refractivity contribution in [3.63, 3.8) is 0 Å². The molecule has 2 rings (SSSR count). The van der Waals surface area contributed by atoms with E-state index in [4.69, 9.17) is 23.2 Å². The van der Waals surface area contributed by atoms with Gasteiger partial charge in [-0.3, -0.25) is 0 Å². The van der Waals surface area contributed by atoms with Gasteiger partial charge in [0.05, 0.1) is 16.1 Å². The Morgan fingerprint density at radius 2 is 1.95 bits per heavy atom. The molecule has 2 aromatic carbocycles. The van der Waals surface area contributed by atoms with Crippen LogP contribution in [0.1, 0.15) is 22.8 Å². The minimum absolute atomic E-state index is 0.439. The molecule has 1 atom stereocenters. The maximum Gasteiger partial charge on any atom is 0.0831 e. The molecule has 0 bridgehead atoms. The molecule has 19 heavy (non-hydrogen) atoms. The predicted molar refractivity (Wildman–Crippen MR) is 84.0 cm³/mol. The lowest BCUT2D eigenvalue weighted by Crippen LogP contribution is -2.02. The quantitative estimate of drug-likeness (QED) is 0.784. The molecular weight excluding hydrogens is 347 g/mol. The normalized spacial score (nSPS) is 12.5. The first-order chi connectivity index (χ1) is 8.99. The molecule has 0 fully saturated rings. The topological polar surface area (TPSA) is 20.2 Å². The van der Waals surface area contributed by atoms with Crippen molar-refractivity contribution in [2.24, 2.45) is 0 Å². The van der Waals surface area contributed by atoms with Gasteiger partial charge in [0.25, 0.3) is 0 Å². The van der Waals surface area contributed by atoms with E-state index in [1.807, 2.05) is 37.3 Å². The van der Waals surface area contributed by atoms with E-state index in [0.717, 1.165) is 21.2 Å². The number of hydrogen-bond donors (Lipinski definition) is 1. The summed E-state index contributed by atoms with van der Waals surface area (Å²) in [7, 11) is 0. The van der Waals surface area contributed by atoms with Crippen LogP contribution in [-0.2, 0) is 6.42 Å². The Kier molecular flexibility index (Phi) is 4.91. The first-order valence-corrected chi connectivity index (χ1v) is 7.41. The predicted octanol–water partition coefficient (Wildman–Crippen LogP) is 5.34. The van der Waals surface area contributed by atoms with Crippen LogP contribution < -0.4 is 0 Å². The molecule has 0 amide bonds. The lowest BCUT2D eigenvalue weighted by Gasteiger charge is -2.14. The average Bonchev–Trinajstić information content (AvgIpc) is 2.38. The minimum atomic E-state index is -0.604. The van der Waals surface area contributed by atoms with Crippen molar-refractivity contribution in [1.82, 2.24) is 0 Å². The summed E-state index contributed by atoms with van der Waals surface area (Å²) in [6.45, 7) is 2.01. The van der Waals surface area contributed by atoms with Crippen LogP contribution in [0.4, 0.5) is 0 Å². The standard InChI is InChI=1S/C15H13BrCl2O/c1-9-5-6-10(7-12(9)16)14(19)8-11-3-2-4-13(17)15(11)18/h2-7,14,19H,8H2,1H3. The van der Waals surface area contributed by atoms with Crippen molar-refractivity contribution in [3.05, 3.63) is 67.6 Å². The van der Waals surface area contributed by atoms with Crippen LogP contribution in [0.5, 0.6) is 0 Å². The Morgan fingerprint density at radius 1 is 1.21 bits per heavy atom. The number of aryl methyl sites for hydroxylation is 1. The zero-order chi connectivity index (χ0) is 14.0. The van der Waals surface area contributed by atoms with Gasteiger partial charge in [0.2, 0.25) is 0 Å². The molecule has 0 aliphatic heterocycles. The fraction of sp³-hybridized carbons (Fsp3) is 0.200. The van der Waals surface area contributed by atoms with Gasteiger partial charge in [-0.25, -0.2) is 0 Å². The highest BCUT2D eigenvalue weighted by Crippen LogP contribution is 2.30. The zero-order valence-corrected chi connectivity index (χ0v) is 13.4. The molecule has 100 valence electrons. The number of benzene rings is 2. The third kappa shape index (κ3) is 3.51. The number of hydrogen-bond acceptors (Lipinski definition) is 1. The monoisotopic (exact) mass is 358 g/mol. The number of aliphatic hydroxyl groups excluding tert-OH is 1. The van der Waals surface area contributed by atoms with Crippen molar-refractivity contribution in [1.29, 1.82) is 0 Å². The number of halogens is 3. The summed E-state index contributed by atoms with van der Waals surface area (Å²) in [5.74, 6) is 0. The maximum atomic E-state index is 10.3. The third-order valence-corrected chi connectivity index (χ3v) is 4.74. The Hall–Kier alpha value is -0.540. The van der Waals surface area contributed by atoms with Crippen LogP contribution in [0.2, 0.25) is 10.0 Å². The van der Waals surface area contributed by atoms with Gasteiger partial charge in [-0.15, -0.1) is 0 Å². The van der Waals surface area contributed by atoms with Gasteiger partial charge < -0.3 is 5.11 Å². The fourth-order valence-corrected chi connectivity index (χ4v) is 2.64. The summed E-state index contributed by atoms with van der Waals surface area (Å²) in [5, 5.41) is 11.3. The Balaban J connectivity index is 2.23. The molecule has 2 aromatic rings. The second kappa shape index (κ2) is 6.27. The summed E-state index contributed by atoms with van der Waals surface area (Å²) >= 11 is 15.6. The third-order valence-electron chi connectivity index (χ3n) is 3.03. The highest BCUT2D eigenvalue weighted by Gasteiger charge is 2.13. The molecule has 0 aromatic heterocycles. The second-order valence-electron chi connectivity index (χ2n) is 4.44. The highest BCUT2D eigenvalue weighted by molar-refractivity contribution is 9.10. The van der Waals surface area contributed by atoms with Crippen molar-refractivity contribution in [2.45, 2.75) is 19.4 Å². The number of rotatable bonds is 3. The Labute approximate surface area is 131 Å². The van der Waals surface area contributed by atoms with Crippen molar-refractivity contribution >= 4 is 39.1 Å². The largest absolute Gasteiger partial charge is 0.388 e. The molecule has 0 saturated carbocycles. The molecule has 0 aliphatic rings. The highest BCUT2D eigenvalue weighted by atomic mass is 79.9. The maximum absolute atomic E-state index is 10.3. The minimum Gasteiger partial charge on any atom is -0.388 e. The molecule has 4 heteroatoms. The molecule has 1 unspecified atom stereocenters. The van der Waals surface area contributed by atoms with Crippen molar-refractivity contribution < 1.29 is 5.11 Å². The van der Waals surface area contributed by atoms with Crippen LogP contribution >= 0.6 is 39.1 Å². The van der Waals surface area contributed by atoms with Crippen LogP contribution in [0.25, 0.3) is 0 Å². The molecule has 0 heterocycles. The van der Waals surface area contributed by atoms with Crippen LogP contribution in [-0.4, -0.2) is 5.11 Å². The van der Waals surface area contributed by atoms with Gasteiger partial charge in [0, 0.05) is 10.9 Å². The first-order valence-electron chi connectivity index (χ1n) is 5.86. The van der Waals surface area contributed by atoms with E-state index < -0.39 is 6.10 Å². The molecule has 0 radical (unpaired) electrons. The summed E-state index contributed by atoms with van der Waals surface area (Å²) < 4.78 is 0.987. The van der Waals surface area contributed by atoms with E-state index in [9.17, 15) is 5.11 Å². The number of aliphatic hydroxyl groups is 1. The van der Waals surface area contributed by atoms with Crippen LogP contribution in [0.3, 0.4) is 0 Å². The van der Waals surface area contributed by atoms with Gasteiger partial charge in [0.1, 0.15) is 0 Å². The average molecular weight is 360 g/mol. The lowest BCUT2D eigenvalue weighted by atomic mass is 10.0. The first kappa shape index (κ1) is 14.9. The van der Waals surface area contributed by atoms with Crippen molar-refractivity contribution in [2.75, 3.05) is 0 Å². The van der Waals surface area contributed by atoms with Gasteiger partial charge in [-0.1, -0.05) is 63.4 Å². The molecule has 1 N–H and O–H groups in total. The van der Waals surface area contributed by atoms with E-state index in [2.05, 4.69) is 15.9 Å². The molecule has 0 aliphatic carbocycles. The van der Waals surface area contributed by atoms with E-state index >= 15 is 0 Å². The molecule has 0 saturated heterocycles. The Bertz CT molecular complexity index is 599. The second-order valence-corrected chi connectivity index (χ2v) is 6.08. The molecule has 1 nitrogen and oxygen atoms in total. The van der Waals surface area contributed by atoms with Crippen LogP contribution in [0, 0.1) is 6.92 Å². The van der Waals surface area contributed by atoms with Crippen LogP contribution in [0.15, 0.2) is 40.9 Å². The summed E-state index contributed by atoms with van der Waals surface area (Å²) in [4.78, 5) is 0. The van der Waals surface area contributed by atoms with E-state index in [-0.39, 0.29) is 0 Å². The van der Waals surface area contributed by atoms with E-state index in [0.29, 0.717) is 16.5 Å². The fourth-order valence-electron chi connectivity index (χ4n) is 1.85. The van der Waals surface area contributed by atoms with E-state index in [1.54, 1.807) is 6.07 Å². The van der Waals surface area contributed by atoms with Crippen molar-refractivity contribution in [3.8, 4) is 0 Å². The Morgan fingerprint density at radius 3 is 2.63 bits per heavy atom. The lowest BCUT2D eigenvalue weighted by molar-refractivity contribution is 0.178. The van der Waals surface area contributed by atoms with E-state index in [1.165, 1.54) is 0 Å². The van der Waals surface area contributed by atoms with Gasteiger partial charge in [-0.2, -0.15) is 0 Å². The SMILES string of the molecule is Cc1ccc(C(O)Cc2cccc(Cl)c2Cl)cc1Br. The van der Waals surface area contributed by atoms with Gasteiger partial charge >= 0.3 is 0 Å². The summed E-state index contributed by atoms with van der Waals surface area (Å²) in [5.41, 5.74) is 2.84. The molecule has 0 spiro atoms. The summed E-state index contributed by atoms with van der Waals surface area (Å²) in [6, 6.07) is 11.3. The van der Waals surface area contributed by atoms with Gasteiger partial charge in [-0.05, 0) is 35.7 Å². The summed E-state index contributed by atoms with van der Waals surface area (Å²) in [6.07, 6.45) is -0.164. The smallest absolute Gasteiger partial charge is 0.0831 e. The van der Waals surface area contributed by atoms with Gasteiger partial charge in [0.15, 0.2) is 0 Å². The molecular formula is C15H13BrCl2O. The zero-order valence-electron chi connectivity index (χ0n) is 10.3.